The number of aromatic nitrogens is 5. The highest BCUT2D eigenvalue weighted by atomic mass is 32.2. The van der Waals surface area contributed by atoms with Crippen LogP contribution in [0.15, 0.2) is 41.1 Å². The molecular formula is C18H21N7OS2. The maximum Gasteiger partial charge on any atom is 0.233 e. The van der Waals surface area contributed by atoms with Gasteiger partial charge in [0.1, 0.15) is 5.82 Å². The van der Waals surface area contributed by atoms with E-state index in [-0.39, 0.29) is 5.91 Å². The number of hydrogen-bond acceptors (Lipinski definition) is 8. The standard InChI is InChI=1S/C18H21N7OS2/c1-23-15(12-14-4-2-11-27-14)21-22-18(23)28-13-16(26)24-7-9-25(10-8-24)17-19-5-3-6-20-17/h2-6,11H,7-10,12-13H2,1H3. The molecule has 0 bridgehead atoms. The molecule has 0 saturated carbocycles. The molecule has 0 N–H and O–H groups in total. The Bertz CT molecular complexity index is 905. The summed E-state index contributed by atoms with van der Waals surface area (Å²) < 4.78 is 1.97. The summed E-state index contributed by atoms with van der Waals surface area (Å²) >= 11 is 3.15. The van der Waals surface area contributed by atoms with Gasteiger partial charge in [-0.05, 0) is 17.5 Å². The summed E-state index contributed by atoms with van der Waals surface area (Å²) in [6, 6.07) is 5.93. The molecule has 4 rings (SSSR count). The van der Waals surface area contributed by atoms with E-state index in [0.717, 1.165) is 36.4 Å². The van der Waals surface area contributed by atoms with Crippen LogP contribution in [-0.4, -0.2) is 67.5 Å². The number of thioether (sulfide) groups is 1. The summed E-state index contributed by atoms with van der Waals surface area (Å²) in [5, 5.41) is 11.4. The van der Waals surface area contributed by atoms with Crippen LogP contribution >= 0.6 is 23.1 Å². The Morgan fingerprint density at radius 1 is 1.14 bits per heavy atom. The van der Waals surface area contributed by atoms with Crippen LogP contribution in [0.4, 0.5) is 5.95 Å². The first-order chi connectivity index (χ1) is 13.7. The minimum atomic E-state index is 0.126. The molecular weight excluding hydrogens is 394 g/mol. The van der Waals surface area contributed by atoms with Gasteiger partial charge in [-0.25, -0.2) is 9.97 Å². The van der Waals surface area contributed by atoms with Gasteiger partial charge in [0.15, 0.2) is 5.16 Å². The second-order valence-electron chi connectivity index (χ2n) is 6.42. The average Bonchev–Trinajstić information content (AvgIpc) is 3.38. The molecule has 1 saturated heterocycles. The topological polar surface area (TPSA) is 80.0 Å². The number of amides is 1. The third-order valence-electron chi connectivity index (χ3n) is 4.63. The van der Waals surface area contributed by atoms with Crippen LogP contribution in [0.1, 0.15) is 10.7 Å². The van der Waals surface area contributed by atoms with Gasteiger partial charge in [-0.3, -0.25) is 4.79 Å². The molecule has 0 aromatic carbocycles. The van der Waals surface area contributed by atoms with Crippen LogP contribution < -0.4 is 4.90 Å². The fourth-order valence-corrected chi connectivity index (χ4v) is 4.56. The molecule has 28 heavy (non-hydrogen) atoms. The molecule has 146 valence electrons. The Labute approximate surface area is 171 Å². The first-order valence-electron chi connectivity index (χ1n) is 9.04. The second-order valence-corrected chi connectivity index (χ2v) is 8.39. The molecule has 4 heterocycles. The summed E-state index contributed by atoms with van der Waals surface area (Å²) in [4.78, 5) is 26.4. The maximum atomic E-state index is 12.6. The molecule has 0 radical (unpaired) electrons. The number of thiophene rings is 1. The number of nitrogens with zero attached hydrogens (tertiary/aromatic N) is 7. The van der Waals surface area contributed by atoms with Crippen molar-refractivity contribution in [3.63, 3.8) is 0 Å². The molecule has 1 amide bonds. The van der Waals surface area contributed by atoms with Gasteiger partial charge in [0.2, 0.25) is 11.9 Å². The van der Waals surface area contributed by atoms with Crippen LogP contribution in [-0.2, 0) is 18.3 Å². The summed E-state index contributed by atoms with van der Waals surface area (Å²) in [6.45, 7) is 2.85. The Hall–Kier alpha value is -2.46. The minimum Gasteiger partial charge on any atom is -0.338 e. The predicted molar refractivity (Wildman–Crippen MR) is 110 cm³/mol. The number of rotatable bonds is 6. The Morgan fingerprint density at radius 2 is 1.93 bits per heavy atom. The molecule has 1 aliphatic rings. The van der Waals surface area contributed by atoms with Gasteiger partial charge in [-0.15, -0.1) is 21.5 Å². The van der Waals surface area contributed by atoms with Gasteiger partial charge < -0.3 is 14.4 Å². The van der Waals surface area contributed by atoms with Gasteiger partial charge in [0.25, 0.3) is 0 Å². The molecule has 3 aromatic heterocycles. The van der Waals surface area contributed by atoms with Crippen LogP contribution in [0.3, 0.4) is 0 Å². The van der Waals surface area contributed by atoms with Crippen molar-refractivity contribution in [1.29, 1.82) is 0 Å². The van der Waals surface area contributed by atoms with E-state index in [0.29, 0.717) is 18.8 Å². The molecule has 3 aromatic rings. The lowest BCUT2D eigenvalue weighted by Gasteiger charge is -2.34. The Balaban J connectivity index is 1.28. The third kappa shape index (κ3) is 4.33. The molecule has 0 unspecified atom stereocenters. The number of hydrogen-bond donors (Lipinski definition) is 0. The third-order valence-corrected chi connectivity index (χ3v) is 6.51. The zero-order valence-electron chi connectivity index (χ0n) is 15.6. The summed E-state index contributed by atoms with van der Waals surface area (Å²) in [5.41, 5.74) is 0. The van der Waals surface area contributed by atoms with Crippen molar-refractivity contribution in [1.82, 2.24) is 29.6 Å². The fraction of sp³-hybridized carbons (Fsp3) is 0.389. The van der Waals surface area contributed by atoms with E-state index in [2.05, 4.69) is 36.5 Å². The van der Waals surface area contributed by atoms with Crippen molar-refractivity contribution in [2.24, 2.45) is 7.05 Å². The number of carbonyl (C=O) groups is 1. The number of carbonyl (C=O) groups excluding carboxylic acids is 1. The number of piperazine rings is 1. The lowest BCUT2D eigenvalue weighted by atomic mass is 10.3. The van der Waals surface area contributed by atoms with E-state index in [1.165, 1.54) is 16.6 Å². The molecule has 8 nitrogen and oxygen atoms in total. The first kappa shape index (κ1) is 18.9. The molecule has 0 spiro atoms. The van der Waals surface area contributed by atoms with Crippen molar-refractivity contribution in [2.75, 3.05) is 36.8 Å². The smallest absolute Gasteiger partial charge is 0.233 e. The van der Waals surface area contributed by atoms with Crippen molar-refractivity contribution < 1.29 is 4.79 Å². The quantitative estimate of drug-likeness (QED) is 0.567. The largest absolute Gasteiger partial charge is 0.338 e. The van der Waals surface area contributed by atoms with Crippen LogP contribution in [0.2, 0.25) is 0 Å². The van der Waals surface area contributed by atoms with E-state index in [4.69, 9.17) is 0 Å². The monoisotopic (exact) mass is 415 g/mol. The second kappa shape index (κ2) is 8.70. The van der Waals surface area contributed by atoms with E-state index in [1.54, 1.807) is 29.8 Å². The van der Waals surface area contributed by atoms with Crippen molar-refractivity contribution >= 4 is 35.0 Å². The molecule has 10 heteroatoms. The van der Waals surface area contributed by atoms with Gasteiger partial charge in [0.05, 0.1) is 5.75 Å². The van der Waals surface area contributed by atoms with Gasteiger partial charge in [-0.1, -0.05) is 17.8 Å². The fourth-order valence-electron chi connectivity index (χ4n) is 3.02. The van der Waals surface area contributed by atoms with Crippen LogP contribution in [0, 0.1) is 0 Å². The van der Waals surface area contributed by atoms with Gasteiger partial charge in [0, 0.05) is 56.9 Å². The van der Waals surface area contributed by atoms with E-state index in [9.17, 15) is 4.79 Å². The highest BCUT2D eigenvalue weighted by molar-refractivity contribution is 7.99. The zero-order valence-corrected chi connectivity index (χ0v) is 17.2. The molecule has 1 fully saturated rings. The van der Waals surface area contributed by atoms with Gasteiger partial charge in [-0.2, -0.15) is 0 Å². The molecule has 1 aliphatic heterocycles. The maximum absolute atomic E-state index is 12.6. The van der Waals surface area contributed by atoms with Crippen molar-refractivity contribution in [2.45, 2.75) is 11.6 Å². The Kier molecular flexibility index (Phi) is 5.87. The first-order valence-corrected chi connectivity index (χ1v) is 10.9. The predicted octanol–water partition coefficient (Wildman–Crippen LogP) is 1.70. The van der Waals surface area contributed by atoms with E-state index in [1.807, 2.05) is 22.6 Å². The summed E-state index contributed by atoms with van der Waals surface area (Å²) in [5.74, 6) is 2.13. The average molecular weight is 416 g/mol. The normalized spacial score (nSPS) is 14.5. The van der Waals surface area contributed by atoms with Crippen LogP contribution in [0.5, 0.6) is 0 Å². The van der Waals surface area contributed by atoms with E-state index < -0.39 is 0 Å². The highest BCUT2D eigenvalue weighted by Gasteiger charge is 2.23. The SMILES string of the molecule is Cn1c(Cc2cccs2)nnc1SCC(=O)N1CCN(c2ncccn2)CC1. The number of anilines is 1. The zero-order chi connectivity index (χ0) is 19.3. The van der Waals surface area contributed by atoms with Crippen molar-refractivity contribution in [3.05, 3.63) is 46.7 Å². The van der Waals surface area contributed by atoms with Crippen molar-refractivity contribution in [3.8, 4) is 0 Å². The lowest BCUT2D eigenvalue weighted by Crippen LogP contribution is -2.49. The summed E-state index contributed by atoms with van der Waals surface area (Å²) in [7, 11) is 1.95. The van der Waals surface area contributed by atoms with Gasteiger partial charge >= 0.3 is 0 Å². The summed E-state index contributed by atoms with van der Waals surface area (Å²) in [6.07, 6.45) is 4.24. The van der Waals surface area contributed by atoms with Crippen LogP contribution in [0.25, 0.3) is 0 Å². The minimum absolute atomic E-state index is 0.126. The Morgan fingerprint density at radius 3 is 2.64 bits per heavy atom. The lowest BCUT2D eigenvalue weighted by molar-refractivity contribution is -0.128. The molecule has 0 atom stereocenters. The molecule has 0 aliphatic carbocycles. The van der Waals surface area contributed by atoms with E-state index >= 15 is 0 Å². The highest BCUT2D eigenvalue weighted by Crippen LogP contribution is 2.20.